The van der Waals surface area contributed by atoms with Crippen LogP contribution in [0.4, 0.5) is 18.9 Å². The summed E-state index contributed by atoms with van der Waals surface area (Å²) in [5.74, 6) is 0.754. The van der Waals surface area contributed by atoms with Crippen LogP contribution in [0, 0.1) is 13.8 Å². The van der Waals surface area contributed by atoms with Crippen LogP contribution < -0.4 is 5.32 Å². The fourth-order valence-corrected chi connectivity index (χ4v) is 2.88. The van der Waals surface area contributed by atoms with Crippen molar-refractivity contribution in [3.8, 4) is 11.6 Å². The highest BCUT2D eigenvalue weighted by atomic mass is 19.4. The van der Waals surface area contributed by atoms with E-state index in [1.165, 1.54) is 0 Å². The molecule has 0 unspecified atom stereocenters. The van der Waals surface area contributed by atoms with Crippen molar-refractivity contribution in [2.45, 2.75) is 46.2 Å². The number of hydrogen-bond donors (Lipinski definition) is 1. The molecular formula is C19H21F3N4O. The second-order valence-electron chi connectivity index (χ2n) is 7.59. The van der Waals surface area contributed by atoms with E-state index < -0.39 is 12.7 Å². The molecule has 0 atom stereocenters. The van der Waals surface area contributed by atoms with Crippen LogP contribution in [0.15, 0.2) is 22.6 Å². The Morgan fingerprint density at radius 1 is 1.04 bits per heavy atom. The minimum atomic E-state index is -4.29. The first-order chi connectivity index (χ1) is 12.4. The first kappa shape index (κ1) is 19.1. The molecule has 0 amide bonds. The molecule has 144 valence electrons. The number of alkyl halides is 3. The third kappa shape index (κ3) is 4.20. The lowest BCUT2D eigenvalue weighted by atomic mass is 9.84. The maximum atomic E-state index is 12.6. The molecule has 1 aromatic carbocycles. The molecule has 3 rings (SSSR count). The van der Waals surface area contributed by atoms with Gasteiger partial charge < -0.3 is 9.73 Å². The Hall–Kier alpha value is -2.64. The Bertz CT molecular complexity index is 987. The standard InChI is InChI=1S/C19H21F3N4O/c1-10-6-15(17-26-25-11(2)27-17)24-16-13(10)7-12(23-9-19(20,21)22)8-14(16)18(3,4)5/h6-8,23H,9H2,1-5H3. The summed E-state index contributed by atoms with van der Waals surface area (Å²) < 4.78 is 43.3. The number of nitrogens with zero attached hydrogens (tertiary/aromatic N) is 3. The quantitative estimate of drug-likeness (QED) is 0.681. The molecule has 0 aliphatic carbocycles. The van der Waals surface area contributed by atoms with Crippen molar-refractivity contribution in [2.24, 2.45) is 0 Å². The molecule has 27 heavy (non-hydrogen) atoms. The smallest absolute Gasteiger partial charge is 0.405 e. The Labute approximate surface area is 155 Å². The molecule has 0 aliphatic heterocycles. The van der Waals surface area contributed by atoms with E-state index in [4.69, 9.17) is 4.42 Å². The third-order valence-electron chi connectivity index (χ3n) is 4.17. The van der Waals surface area contributed by atoms with Gasteiger partial charge in [0, 0.05) is 18.0 Å². The van der Waals surface area contributed by atoms with Crippen LogP contribution in [-0.2, 0) is 5.41 Å². The number of pyridine rings is 1. The summed E-state index contributed by atoms with van der Waals surface area (Å²) in [5.41, 5.74) is 3.05. The van der Waals surface area contributed by atoms with E-state index in [0.717, 1.165) is 16.5 Å². The number of hydrogen-bond acceptors (Lipinski definition) is 5. The van der Waals surface area contributed by atoms with E-state index in [0.29, 0.717) is 28.7 Å². The van der Waals surface area contributed by atoms with E-state index in [1.54, 1.807) is 25.1 Å². The minimum Gasteiger partial charge on any atom is -0.420 e. The van der Waals surface area contributed by atoms with Crippen molar-refractivity contribution >= 4 is 16.6 Å². The number of benzene rings is 1. The highest BCUT2D eigenvalue weighted by molar-refractivity contribution is 5.90. The lowest BCUT2D eigenvalue weighted by Gasteiger charge is -2.23. The molecule has 5 nitrogen and oxygen atoms in total. The molecule has 2 heterocycles. The van der Waals surface area contributed by atoms with Gasteiger partial charge in [0.05, 0.1) is 5.52 Å². The van der Waals surface area contributed by atoms with Crippen molar-refractivity contribution < 1.29 is 17.6 Å². The van der Waals surface area contributed by atoms with E-state index >= 15 is 0 Å². The van der Waals surface area contributed by atoms with Gasteiger partial charge in [0.25, 0.3) is 5.89 Å². The molecule has 0 fully saturated rings. The maximum Gasteiger partial charge on any atom is 0.405 e. The number of rotatable bonds is 3. The van der Waals surface area contributed by atoms with Gasteiger partial charge in [-0.15, -0.1) is 10.2 Å². The van der Waals surface area contributed by atoms with E-state index in [9.17, 15) is 13.2 Å². The third-order valence-corrected chi connectivity index (χ3v) is 4.17. The van der Waals surface area contributed by atoms with Gasteiger partial charge in [-0.1, -0.05) is 20.8 Å². The summed E-state index contributed by atoms with van der Waals surface area (Å²) in [6, 6.07) is 5.22. The van der Waals surface area contributed by atoms with Crippen LogP contribution in [0.1, 0.15) is 37.8 Å². The van der Waals surface area contributed by atoms with E-state index in [1.807, 2.05) is 27.7 Å². The molecule has 3 aromatic rings. The molecule has 0 saturated heterocycles. The fourth-order valence-electron chi connectivity index (χ4n) is 2.88. The van der Waals surface area contributed by atoms with Crippen LogP contribution in [0.2, 0.25) is 0 Å². The van der Waals surface area contributed by atoms with Gasteiger partial charge in [-0.25, -0.2) is 4.98 Å². The van der Waals surface area contributed by atoms with Crippen LogP contribution in [-0.4, -0.2) is 27.9 Å². The van der Waals surface area contributed by atoms with Gasteiger partial charge in [0.15, 0.2) is 0 Å². The SMILES string of the molecule is Cc1nnc(-c2cc(C)c3cc(NCC(F)(F)F)cc(C(C)(C)C)c3n2)o1. The van der Waals surface area contributed by atoms with Crippen LogP contribution in [0.5, 0.6) is 0 Å². The Balaban J connectivity index is 2.19. The molecule has 0 aliphatic rings. The average molecular weight is 378 g/mol. The zero-order valence-corrected chi connectivity index (χ0v) is 15.8. The zero-order chi connectivity index (χ0) is 20.0. The van der Waals surface area contributed by atoms with Gasteiger partial charge >= 0.3 is 6.18 Å². The molecule has 8 heteroatoms. The second kappa shape index (κ2) is 6.51. The predicted octanol–water partition coefficient (Wildman–Crippen LogP) is 5.17. The summed E-state index contributed by atoms with van der Waals surface area (Å²) in [6.45, 7) is 8.48. The zero-order valence-electron chi connectivity index (χ0n) is 15.8. The summed E-state index contributed by atoms with van der Waals surface area (Å²) in [6.07, 6.45) is -4.29. The Morgan fingerprint density at radius 3 is 2.30 bits per heavy atom. The summed E-state index contributed by atoms with van der Waals surface area (Å²) in [7, 11) is 0. The normalized spacial score (nSPS) is 12.6. The lowest BCUT2D eigenvalue weighted by Crippen LogP contribution is -2.22. The topological polar surface area (TPSA) is 63.8 Å². The van der Waals surface area contributed by atoms with Crippen LogP contribution in [0.3, 0.4) is 0 Å². The maximum absolute atomic E-state index is 12.6. The number of aryl methyl sites for hydroxylation is 2. The predicted molar refractivity (Wildman–Crippen MR) is 97.8 cm³/mol. The van der Waals surface area contributed by atoms with Crippen molar-refractivity contribution in [3.05, 3.63) is 35.2 Å². The molecule has 0 bridgehead atoms. The van der Waals surface area contributed by atoms with Gasteiger partial charge in [-0.2, -0.15) is 13.2 Å². The van der Waals surface area contributed by atoms with Crippen LogP contribution >= 0.6 is 0 Å². The van der Waals surface area contributed by atoms with Crippen molar-refractivity contribution in [3.63, 3.8) is 0 Å². The Kier molecular flexibility index (Phi) is 4.61. The number of aromatic nitrogens is 3. The average Bonchev–Trinajstić information content (AvgIpc) is 2.97. The van der Waals surface area contributed by atoms with Gasteiger partial charge in [0.1, 0.15) is 12.2 Å². The molecular weight excluding hydrogens is 357 g/mol. The first-order valence-electron chi connectivity index (χ1n) is 8.51. The van der Waals surface area contributed by atoms with Crippen molar-refractivity contribution in [1.29, 1.82) is 0 Å². The number of halogens is 3. The van der Waals surface area contributed by atoms with Crippen molar-refractivity contribution in [2.75, 3.05) is 11.9 Å². The summed E-state index contributed by atoms with van der Waals surface area (Å²) in [4.78, 5) is 4.69. The number of nitrogens with one attached hydrogen (secondary N) is 1. The van der Waals surface area contributed by atoms with E-state index in [2.05, 4.69) is 20.5 Å². The molecule has 2 aromatic heterocycles. The first-order valence-corrected chi connectivity index (χ1v) is 8.51. The second-order valence-corrected chi connectivity index (χ2v) is 7.59. The van der Waals surface area contributed by atoms with Crippen LogP contribution in [0.25, 0.3) is 22.5 Å². The van der Waals surface area contributed by atoms with Gasteiger partial charge in [-0.05, 0) is 41.7 Å². The highest BCUT2D eigenvalue weighted by Gasteiger charge is 2.27. The monoisotopic (exact) mass is 378 g/mol. The number of fused-ring (bicyclic) bond motifs is 1. The molecule has 1 N–H and O–H groups in total. The molecule has 0 saturated carbocycles. The fraction of sp³-hybridized carbons (Fsp3) is 0.421. The minimum absolute atomic E-state index is 0.316. The van der Waals surface area contributed by atoms with E-state index in [-0.39, 0.29) is 5.41 Å². The Morgan fingerprint density at radius 2 is 1.74 bits per heavy atom. The molecule has 0 spiro atoms. The summed E-state index contributed by atoms with van der Waals surface area (Å²) >= 11 is 0. The lowest BCUT2D eigenvalue weighted by molar-refractivity contribution is -0.115. The highest BCUT2D eigenvalue weighted by Crippen LogP contribution is 2.35. The molecule has 0 radical (unpaired) electrons. The summed E-state index contributed by atoms with van der Waals surface area (Å²) in [5, 5.41) is 11.1. The largest absolute Gasteiger partial charge is 0.420 e. The number of anilines is 1. The van der Waals surface area contributed by atoms with Gasteiger partial charge in [-0.3, -0.25) is 0 Å². The van der Waals surface area contributed by atoms with Crippen molar-refractivity contribution in [1.82, 2.24) is 15.2 Å². The van der Waals surface area contributed by atoms with Gasteiger partial charge in [0.2, 0.25) is 5.89 Å².